The molecule has 4 aliphatic carbocycles. The number of nitrogens with zero attached hydrogens (tertiary/aromatic N) is 6. The maximum Gasteiger partial charge on any atom is 1.00 e. The van der Waals surface area contributed by atoms with Crippen LogP contribution in [0.15, 0.2) is 36.7 Å². The molecule has 0 radical (unpaired) electrons. The SMILES string of the molecule is Clc1cc(C2CCCC2)nc2ccnn12.NC1CCCC1.O=CO[O-].[H-].[K+].[K+].c1cc2nc(C3CCCC3)cc(NC3CCCC3)n2n1. The van der Waals surface area contributed by atoms with Crippen LogP contribution in [0.3, 0.4) is 0 Å². The zero-order valence-electron chi connectivity index (χ0n) is 29.0. The molecule has 11 nitrogen and oxygen atoms in total. The molecule has 0 aromatic carbocycles. The Hall–Kier alpha value is -0.00727. The Morgan fingerprint density at radius 1 is 0.787 bits per heavy atom. The molecule has 0 saturated heterocycles. The van der Waals surface area contributed by atoms with Crippen molar-refractivity contribution in [3.05, 3.63) is 53.2 Å². The third-order valence-electron chi connectivity index (χ3n) is 9.41. The predicted molar refractivity (Wildman–Crippen MR) is 174 cm³/mol. The maximum atomic E-state index is 8.64. The molecule has 14 heteroatoms. The summed E-state index contributed by atoms with van der Waals surface area (Å²) in [6.07, 6.45) is 24.5. The second-order valence-electron chi connectivity index (χ2n) is 12.6. The van der Waals surface area contributed by atoms with Crippen LogP contribution >= 0.6 is 11.6 Å². The number of hydrogen-bond donors (Lipinski definition) is 2. The number of carbonyl (C=O) groups is 1. The van der Waals surface area contributed by atoms with Gasteiger partial charge in [-0.3, -0.25) is 4.79 Å². The van der Waals surface area contributed by atoms with Crippen LogP contribution in [-0.2, 0) is 9.68 Å². The Balaban J connectivity index is 0.000000253. The smallest absolute Gasteiger partial charge is 1.00 e. The fraction of sp³-hybridized carbons (Fsp3) is 0.606. The third kappa shape index (κ3) is 12.3. The van der Waals surface area contributed by atoms with Gasteiger partial charge >= 0.3 is 103 Å². The zero-order valence-corrected chi connectivity index (χ0v) is 35.0. The van der Waals surface area contributed by atoms with E-state index >= 15 is 0 Å². The van der Waals surface area contributed by atoms with Gasteiger partial charge in [0.25, 0.3) is 6.47 Å². The number of nitrogens with one attached hydrogen (secondary N) is 1. The van der Waals surface area contributed by atoms with Crippen LogP contribution in [0, 0.1) is 0 Å². The molecule has 246 valence electrons. The first kappa shape index (κ1) is 41.4. The molecule has 3 N–H and O–H groups in total. The van der Waals surface area contributed by atoms with E-state index in [1.54, 1.807) is 10.7 Å². The van der Waals surface area contributed by atoms with Gasteiger partial charge in [0.05, 0.1) is 12.4 Å². The van der Waals surface area contributed by atoms with Crippen LogP contribution in [0.25, 0.3) is 11.3 Å². The van der Waals surface area contributed by atoms with E-state index in [0.29, 0.717) is 29.1 Å². The predicted octanol–water partition coefficient (Wildman–Crippen LogP) is 0.225. The molecule has 0 atom stereocenters. The minimum Gasteiger partial charge on any atom is -1.00 e. The minimum atomic E-state index is -0.181. The van der Waals surface area contributed by atoms with Gasteiger partial charge in [-0.25, -0.2) is 14.5 Å². The van der Waals surface area contributed by atoms with Crippen molar-refractivity contribution in [3.63, 3.8) is 0 Å². The largest absolute Gasteiger partial charge is 1.00 e. The van der Waals surface area contributed by atoms with Gasteiger partial charge in [0.15, 0.2) is 11.3 Å². The number of aromatic nitrogens is 6. The normalized spacial score (nSPS) is 18.3. The zero-order chi connectivity index (χ0) is 31.4. The number of halogens is 1. The monoisotopic (exact) mass is 716 g/mol. The molecule has 47 heavy (non-hydrogen) atoms. The molecule has 0 amide bonds. The second-order valence-corrected chi connectivity index (χ2v) is 13.0. The van der Waals surface area contributed by atoms with Gasteiger partial charge in [0.1, 0.15) is 11.0 Å². The van der Waals surface area contributed by atoms with Crippen molar-refractivity contribution >= 4 is 35.2 Å². The molecule has 0 aliphatic heterocycles. The van der Waals surface area contributed by atoms with Crippen LogP contribution in [0.4, 0.5) is 5.82 Å². The van der Waals surface area contributed by atoms with Gasteiger partial charge < -0.3 is 22.6 Å². The van der Waals surface area contributed by atoms with Crippen molar-refractivity contribution in [3.8, 4) is 0 Å². The van der Waals surface area contributed by atoms with E-state index in [4.69, 9.17) is 32.4 Å². The van der Waals surface area contributed by atoms with Gasteiger partial charge in [-0.1, -0.05) is 63.0 Å². The van der Waals surface area contributed by atoms with Crippen molar-refractivity contribution in [1.82, 2.24) is 29.2 Å². The van der Waals surface area contributed by atoms with E-state index in [9.17, 15) is 0 Å². The van der Waals surface area contributed by atoms with Gasteiger partial charge in [0, 0.05) is 53.5 Å². The molecule has 4 heterocycles. The molecule has 0 spiro atoms. The van der Waals surface area contributed by atoms with Gasteiger partial charge in [0.2, 0.25) is 0 Å². The van der Waals surface area contributed by atoms with Crippen LogP contribution in [-0.4, -0.2) is 47.8 Å². The van der Waals surface area contributed by atoms with E-state index in [1.165, 1.54) is 108 Å². The summed E-state index contributed by atoms with van der Waals surface area (Å²) < 4.78 is 3.62. The fourth-order valence-electron chi connectivity index (χ4n) is 7.03. The standard InChI is InChI=1S/C16H22N4.C11H12ClN3.C5H11N.CH2O3.2K.H/c1-2-6-12(5-1)14-11-16(18-13-7-3-4-8-13)20-15(19-14)9-10-17-20;12-10-7-9(8-3-1-2-4-8)14-11-5-6-13-15(10)11;6-5-3-1-2-4-5;2-1-4-3;;;/h9-13,18H,1-8H2;5-8H,1-4H2;5H,1-4,6H2;1,3H;;;/q;;;;2*+1;-1/p-1. The Bertz CT molecular complexity index is 1490. The summed E-state index contributed by atoms with van der Waals surface area (Å²) in [5.41, 5.74) is 9.76. The molecule has 4 aromatic heterocycles. The number of rotatable bonds is 5. The molecule has 4 saturated carbocycles. The van der Waals surface area contributed by atoms with Crippen molar-refractivity contribution in [2.75, 3.05) is 5.32 Å². The van der Waals surface area contributed by atoms with Gasteiger partial charge in [-0.15, -0.1) is 0 Å². The van der Waals surface area contributed by atoms with E-state index < -0.39 is 0 Å². The molecule has 0 bridgehead atoms. The van der Waals surface area contributed by atoms with E-state index in [2.05, 4.69) is 31.5 Å². The fourth-order valence-corrected chi connectivity index (χ4v) is 7.27. The van der Waals surface area contributed by atoms with E-state index in [-0.39, 0.29) is 111 Å². The first-order valence-corrected chi connectivity index (χ1v) is 17.0. The summed E-state index contributed by atoms with van der Waals surface area (Å²) in [5.74, 6) is 2.38. The first-order valence-electron chi connectivity index (χ1n) is 16.6. The second kappa shape index (κ2) is 22.0. The summed E-state index contributed by atoms with van der Waals surface area (Å²) in [6.45, 7) is -0.181. The topological polar surface area (TPSA) is 148 Å². The number of nitrogens with two attached hydrogens (primary N) is 1. The summed E-state index contributed by atoms with van der Waals surface area (Å²) in [6, 6.07) is 9.26. The van der Waals surface area contributed by atoms with Crippen LogP contribution < -0.4 is 119 Å². The Morgan fingerprint density at radius 3 is 1.72 bits per heavy atom. The number of carbonyl (C=O) groups excluding carboxylic acids is 1. The van der Waals surface area contributed by atoms with Gasteiger partial charge in [-0.2, -0.15) is 14.7 Å². The Kier molecular flexibility index (Phi) is 19.4. The summed E-state index contributed by atoms with van der Waals surface area (Å²) in [7, 11) is 0. The molecule has 4 fully saturated rings. The number of hydrogen-bond acceptors (Lipinski definition) is 9. The Labute approximate surface area is 369 Å². The minimum absolute atomic E-state index is 0. The van der Waals surface area contributed by atoms with Gasteiger partial charge in [-0.05, 0) is 57.4 Å². The molecular weight excluding hydrogens is 670 g/mol. The van der Waals surface area contributed by atoms with Crippen LogP contribution in [0.1, 0.15) is 127 Å². The molecular formula is C33H47ClK2N8O3. The number of fused-ring (bicyclic) bond motifs is 2. The average Bonchev–Trinajstić information content (AvgIpc) is 3.90. The molecule has 8 rings (SSSR count). The van der Waals surface area contributed by atoms with Crippen molar-refractivity contribution < 1.29 is 119 Å². The number of anilines is 1. The first-order chi connectivity index (χ1) is 22.1. The van der Waals surface area contributed by atoms with E-state index in [1.807, 2.05) is 28.9 Å². The van der Waals surface area contributed by atoms with E-state index in [0.717, 1.165) is 22.8 Å². The molecule has 4 aromatic rings. The van der Waals surface area contributed by atoms with Crippen molar-refractivity contribution in [2.24, 2.45) is 5.73 Å². The summed E-state index contributed by atoms with van der Waals surface area (Å²) in [4.78, 5) is 20.7. The van der Waals surface area contributed by atoms with Crippen LogP contribution in [0.5, 0.6) is 0 Å². The Morgan fingerprint density at radius 2 is 1.23 bits per heavy atom. The van der Waals surface area contributed by atoms with Crippen molar-refractivity contribution in [1.29, 1.82) is 0 Å². The molecule has 4 aliphatic rings. The van der Waals surface area contributed by atoms with Crippen LogP contribution in [0.2, 0.25) is 5.15 Å². The summed E-state index contributed by atoms with van der Waals surface area (Å²) >= 11 is 6.14. The average molecular weight is 717 g/mol. The van der Waals surface area contributed by atoms with Crippen molar-refractivity contribution in [2.45, 2.75) is 127 Å². The summed E-state index contributed by atoms with van der Waals surface area (Å²) in [5, 5.41) is 21.3. The molecule has 0 unspecified atom stereocenters. The third-order valence-corrected chi connectivity index (χ3v) is 9.68. The maximum absolute atomic E-state index is 8.64. The quantitative estimate of drug-likeness (QED) is 0.0974.